The van der Waals surface area contributed by atoms with E-state index in [1.807, 2.05) is 30.3 Å². The summed E-state index contributed by atoms with van der Waals surface area (Å²) < 4.78 is 17.5. The van der Waals surface area contributed by atoms with Crippen molar-refractivity contribution in [3.8, 4) is 17.2 Å². The zero-order chi connectivity index (χ0) is 18.4. The first-order chi connectivity index (χ1) is 12.7. The van der Waals surface area contributed by atoms with E-state index in [0.717, 1.165) is 5.69 Å². The highest BCUT2D eigenvalue weighted by Gasteiger charge is 2.19. The van der Waals surface area contributed by atoms with E-state index < -0.39 is 5.97 Å². The van der Waals surface area contributed by atoms with Crippen LogP contribution in [0.5, 0.6) is 11.5 Å². The number of nitrogens with zero attached hydrogens (tertiary/aromatic N) is 2. The molecule has 0 unspecified atom stereocenters. The molecule has 3 aromatic rings. The molecule has 0 aliphatic carbocycles. The Morgan fingerprint density at radius 2 is 1.81 bits per heavy atom. The average Bonchev–Trinajstić information content (AvgIpc) is 3.12. The number of halogens is 1. The Labute approximate surface area is 155 Å². The Morgan fingerprint density at radius 1 is 1.08 bits per heavy atom. The largest absolute Gasteiger partial charge is 0.493 e. The smallest absolute Gasteiger partial charge is 0.362 e. The molecule has 0 amide bonds. The number of para-hydroxylation sites is 1. The monoisotopic (exact) mass is 372 g/mol. The summed E-state index contributed by atoms with van der Waals surface area (Å²) in [6.07, 6.45) is 1.64. The summed E-state index contributed by atoms with van der Waals surface area (Å²) in [5.74, 6) is 0.421. The maximum absolute atomic E-state index is 12.3. The van der Waals surface area contributed by atoms with Gasteiger partial charge in [-0.15, -0.1) is 0 Å². The van der Waals surface area contributed by atoms with Crippen molar-refractivity contribution in [2.75, 3.05) is 20.3 Å². The zero-order valence-corrected chi connectivity index (χ0v) is 14.8. The van der Waals surface area contributed by atoms with Crippen LogP contribution in [0.3, 0.4) is 0 Å². The van der Waals surface area contributed by atoms with Crippen LogP contribution in [0.2, 0.25) is 5.02 Å². The number of carbonyl (C=O) groups excluding carboxylic acids is 1. The Bertz CT molecular complexity index is 863. The van der Waals surface area contributed by atoms with Crippen LogP contribution in [0, 0.1) is 0 Å². The van der Waals surface area contributed by atoms with E-state index in [9.17, 15) is 4.79 Å². The van der Waals surface area contributed by atoms with Crippen LogP contribution in [0.4, 0.5) is 0 Å². The number of carbonyl (C=O) groups is 1. The minimum absolute atomic E-state index is 0.0861. The number of rotatable bonds is 7. The minimum Gasteiger partial charge on any atom is -0.493 e. The van der Waals surface area contributed by atoms with Gasteiger partial charge in [0.15, 0.2) is 5.75 Å². The van der Waals surface area contributed by atoms with Crippen molar-refractivity contribution in [3.05, 3.63) is 71.5 Å². The third-order valence-corrected chi connectivity index (χ3v) is 3.77. The van der Waals surface area contributed by atoms with Crippen LogP contribution in [0.25, 0.3) is 5.69 Å². The van der Waals surface area contributed by atoms with Crippen molar-refractivity contribution in [2.45, 2.75) is 0 Å². The lowest BCUT2D eigenvalue weighted by Gasteiger charge is -2.07. The molecule has 0 aliphatic rings. The van der Waals surface area contributed by atoms with Gasteiger partial charge < -0.3 is 14.2 Å². The first-order valence-corrected chi connectivity index (χ1v) is 8.30. The van der Waals surface area contributed by atoms with Crippen LogP contribution in [-0.4, -0.2) is 36.1 Å². The molecular weight excluding hydrogens is 356 g/mol. The number of hydrogen-bond acceptors (Lipinski definition) is 5. The summed E-state index contributed by atoms with van der Waals surface area (Å²) in [5.41, 5.74) is 0.929. The summed E-state index contributed by atoms with van der Waals surface area (Å²) in [5, 5.41) is 4.89. The molecule has 1 heterocycles. The van der Waals surface area contributed by atoms with Gasteiger partial charge in [0.2, 0.25) is 5.69 Å². The lowest BCUT2D eigenvalue weighted by Crippen LogP contribution is -2.13. The van der Waals surface area contributed by atoms with Crippen molar-refractivity contribution in [2.24, 2.45) is 0 Å². The molecule has 0 radical (unpaired) electrons. The first-order valence-electron chi connectivity index (χ1n) is 7.92. The summed E-state index contributed by atoms with van der Waals surface area (Å²) in [7, 11) is 1.48. The highest BCUT2D eigenvalue weighted by Crippen LogP contribution is 2.20. The predicted molar refractivity (Wildman–Crippen MR) is 97.3 cm³/mol. The highest BCUT2D eigenvalue weighted by atomic mass is 35.5. The Hall–Kier alpha value is -2.99. The Morgan fingerprint density at radius 3 is 2.50 bits per heavy atom. The molecule has 6 nitrogen and oxygen atoms in total. The van der Waals surface area contributed by atoms with Gasteiger partial charge in [0.25, 0.3) is 0 Å². The van der Waals surface area contributed by atoms with Crippen LogP contribution in [-0.2, 0) is 4.74 Å². The number of benzene rings is 2. The normalized spacial score (nSPS) is 10.4. The molecule has 0 saturated heterocycles. The van der Waals surface area contributed by atoms with E-state index in [1.165, 1.54) is 7.11 Å². The zero-order valence-electron chi connectivity index (χ0n) is 14.1. The third kappa shape index (κ3) is 4.34. The van der Waals surface area contributed by atoms with E-state index in [2.05, 4.69) is 5.10 Å². The Balaban J connectivity index is 1.59. The molecule has 0 aliphatic heterocycles. The summed E-state index contributed by atoms with van der Waals surface area (Å²) in [4.78, 5) is 12.3. The SMILES string of the molecule is COc1cn(-c2ccccc2)nc1C(=O)OCCOc1ccc(Cl)cc1. The lowest BCUT2D eigenvalue weighted by atomic mass is 10.3. The van der Waals surface area contributed by atoms with E-state index >= 15 is 0 Å². The number of methoxy groups -OCH3 is 1. The standard InChI is InChI=1S/C19H17ClN2O4/c1-24-17-13-22(15-5-3-2-4-6-15)21-18(17)19(23)26-12-11-25-16-9-7-14(20)8-10-16/h2-10,13H,11-12H2,1H3. The topological polar surface area (TPSA) is 62.6 Å². The van der Waals surface area contributed by atoms with Gasteiger partial charge in [0.05, 0.1) is 19.0 Å². The molecule has 134 valence electrons. The molecule has 0 bridgehead atoms. The van der Waals surface area contributed by atoms with Gasteiger partial charge in [0.1, 0.15) is 19.0 Å². The van der Waals surface area contributed by atoms with E-state index in [0.29, 0.717) is 16.5 Å². The van der Waals surface area contributed by atoms with Crippen LogP contribution < -0.4 is 9.47 Å². The number of esters is 1. The fourth-order valence-corrected chi connectivity index (χ4v) is 2.38. The lowest BCUT2D eigenvalue weighted by molar-refractivity contribution is 0.0439. The van der Waals surface area contributed by atoms with Crippen LogP contribution >= 0.6 is 11.6 Å². The van der Waals surface area contributed by atoms with Crippen molar-refractivity contribution >= 4 is 17.6 Å². The minimum atomic E-state index is -0.573. The van der Waals surface area contributed by atoms with Crippen molar-refractivity contribution < 1.29 is 19.0 Å². The van der Waals surface area contributed by atoms with Gasteiger partial charge in [-0.1, -0.05) is 29.8 Å². The molecule has 7 heteroatoms. The van der Waals surface area contributed by atoms with E-state index in [4.69, 9.17) is 25.8 Å². The van der Waals surface area contributed by atoms with Crippen LogP contribution in [0.1, 0.15) is 10.5 Å². The summed E-state index contributed by atoms with van der Waals surface area (Å²) in [6, 6.07) is 16.4. The maximum atomic E-state index is 12.3. The number of hydrogen-bond donors (Lipinski definition) is 0. The van der Waals surface area contributed by atoms with Crippen LogP contribution in [0.15, 0.2) is 60.8 Å². The summed E-state index contributed by atoms with van der Waals surface area (Å²) >= 11 is 5.81. The maximum Gasteiger partial charge on any atom is 0.362 e. The molecule has 0 spiro atoms. The molecule has 2 aromatic carbocycles. The molecule has 26 heavy (non-hydrogen) atoms. The molecule has 0 saturated carbocycles. The molecule has 1 aromatic heterocycles. The average molecular weight is 373 g/mol. The molecule has 3 rings (SSSR count). The van der Waals surface area contributed by atoms with E-state index in [1.54, 1.807) is 35.1 Å². The second-order valence-corrected chi connectivity index (χ2v) is 5.70. The first kappa shape index (κ1) is 17.8. The van der Waals surface area contributed by atoms with Gasteiger partial charge in [-0.05, 0) is 36.4 Å². The van der Waals surface area contributed by atoms with Crippen molar-refractivity contribution in [1.82, 2.24) is 9.78 Å². The third-order valence-electron chi connectivity index (χ3n) is 3.51. The molecule has 0 N–H and O–H groups in total. The number of aromatic nitrogens is 2. The van der Waals surface area contributed by atoms with Crippen molar-refractivity contribution in [3.63, 3.8) is 0 Å². The predicted octanol–water partition coefficient (Wildman–Crippen LogP) is 3.77. The van der Waals surface area contributed by atoms with Gasteiger partial charge in [-0.2, -0.15) is 5.10 Å². The van der Waals surface area contributed by atoms with Crippen molar-refractivity contribution in [1.29, 1.82) is 0 Å². The fraction of sp³-hybridized carbons (Fsp3) is 0.158. The quantitative estimate of drug-likeness (QED) is 0.466. The molecule has 0 atom stereocenters. The molecular formula is C19H17ClN2O4. The van der Waals surface area contributed by atoms with Gasteiger partial charge >= 0.3 is 5.97 Å². The van der Waals surface area contributed by atoms with Gasteiger partial charge in [-0.3, -0.25) is 0 Å². The molecule has 0 fully saturated rings. The Kier molecular flexibility index (Phi) is 5.76. The number of ether oxygens (including phenoxy) is 3. The van der Waals surface area contributed by atoms with Gasteiger partial charge in [-0.25, -0.2) is 9.48 Å². The van der Waals surface area contributed by atoms with Gasteiger partial charge in [0, 0.05) is 5.02 Å². The van der Waals surface area contributed by atoms with E-state index in [-0.39, 0.29) is 18.9 Å². The summed E-state index contributed by atoms with van der Waals surface area (Å²) in [6.45, 7) is 0.303. The second kappa shape index (κ2) is 8.40. The highest BCUT2D eigenvalue weighted by molar-refractivity contribution is 6.30. The fourth-order valence-electron chi connectivity index (χ4n) is 2.25. The second-order valence-electron chi connectivity index (χ2n) is 5.26.